The summed E-state index contributed by atoms with van der Waals surface area (Å²) in [5.41, 5.74) is 4.06. The summed E-state index contributed by atoms with van der Waals surface area (Å²) in [6.45, 7) is 4.54. The number of nitrogens with zero attached hydrogens (tertiary/aromatic N) is 3. The van der Waals surface area contributed by atoms with E-state index in [1.165, 1.54) is 17.0 Å². The first-order chi connectivity index (χ1) is 19.8. The van der Waals surface area contributed by atoms with Crippen molar-refractivity contribution in [3.05, 3.63) is 118 Å². The molecule has 6 nitrogen and oxygen atoms in total. The third-order valence-corrected chi connectivity index (χ3v) is 9.33. The van der Waals surface area contributed by atoms with E-state index < -0.39 is 10.8 Å². The molecular weight excluding hydrogens is 561 g/mol. The van der Waals surface area contributed by atoms with Crippen molar-refractivity contribution in [2.45, 2.75) is 23.3 Å². The van der Waals surface area contributed by atoms with Gasteiger partial charge in [-0.1, -0.05) is 41.9 Å². The molecule has 2 amide bonds. The highest BCUT2D eigenvalue weighted by molar-refractivity contribution is 7.85. The smallest absolute Gasteiger partial charge is 0.259 e. The average molecular weight is 588 g/mol. The number of fused-ring (bicyclic) bond motifs is 2. The van der Waals surface area contributed by atoms with Gasteiger partial charge in [0.1, 0.15) is 5.82 Å². The fraction of sp³-hybridized carbons (Fsp3) is 0.188. The van der Waals surface area contributed by atoms with Crippen LogP contribution >= 0.6 is 11.6 Å². The summed E-state index contributed by atoms with van der Waals surface area (Å²) in [7, 11) is -1.63. The fourth-order valence-electron chi connectivity index (χ4n) is 5.38. The predicted molar refractivity (Wildman–Crippen MR) is 159 cm³/mol. The average Bonchev–Trinajstić information content (AvgIpc) is 3.08. The van der Waals surface area contributed by atoms with Crippen LogP contribution in [0.4, 0.5) is 15.8 Å². The first-order valence-electron chi connectivity index (χ1n) is 13.3. The van der Waals surface area contributed by atoms with E-state index in [4.69, 9.17) is 11.6 Å². The second-order valence-corrected chi connectivity index (χ2v) is 12.0. The normalized spacial score (nSPS) is 16.7. The number of piperazine rings is 1. The van der Waals surface area contributed by atoms with Crippen molar-refractivity contribution >= 4 is 45.6 Å². The minimum Gasteiger partial charge on any atom is -0.368 e. The maximum absolute atomic E-state index is 13.8. The largest absolute Gasteiger partial charge is 0.368 e. The Morgan fingerprint density at radius 3 is 2.37 bits per heavy atom. The van der Waals surface area contributed by atoms with E-state index in [1.54, 1.807) is 59.5 Å². The van der Waals surface area contributed by atoms with E-state index >= 15 is 0 Å². The van der Waals surface area contributed by atoms with Gasteiger partial charge in [-0.3, -0.25) is 9.59 Å². The summed E-state index contributed by atoms with van der Waals surface area (Å²) in [6.07, 6.45) is 0. The summed E-state index contributed by atoms with van der Waals surface area (Å²) in [6, 6.07) is 23.6. The first kappa shape index (κ1) is 27.2. The number of hydrogen-bond acceptors (Lipinski definition) is 4. The van der Waals surface area contributed by atoms with Crippen LogP contribution in [-0.2, 0) is 17.3 Å². The number of anilines is 2. The Kier molecular flexibility index (Phi) is 7.36. The summed E-state index contributed by atoms with van der Waals surface area (Å²) in [5.74, 6) is -0.856. The van der Waals surface area contributed by atoms with Crippen molar-refractivity contribution in [3.63, 3.8) is 0 Å². The number of aryl methyl sites for hydroxylation is 1. The van der Waals surface area contributed by atoms with E-state index in [9.17, 15) is 18.2 Å². The second kappa shape index (κ2) is 11.1. The molecule has 9 heteroatoms. The molecule has 41 heavy (non-hydrogen) atoms. The SMILES string of the molecule is Cc1ccc(Cl)cc1N1CCN(C(=O)c2ccc3c(c2)N(Cc2ccc(F)cc2)C(=O)c2ccccc2[S@]3=O)CC1. The number of halogens is 2. The van der Waals surface area contributed by atoms with Gasteiger partial charge in [-0.2, -0.15) is 0 Å². The summed E-state index contributed by atoms with van der Waals surface area (Å²) < 4.78 is 27.3. The van der Waals surface area contributed by atoms with Crippen LogP contribution in [0.5, 0.6) is 0 Å². The molecule has 0 bridgehead atoms. The molecule has 1 saturated heterocycles. The first-order valence-corrected chi connectivity index (χ1v) is 14.8. The van der Waals surface area contributed by atoms with Gasteiger partial charge in [-0.25, -0.2) is 8.60 Å². The highest BCUT2D eigenvalue weighted by atomic mass is 35.5. The van der Waals surface area contributed by atoms with Crippen molar-refractivity contribution in [1.82, 2.24) is 4.90 Å². The lowest BCUT2D eigenvalue weighted by Crippen LogP contribution is -2.49. The van der Waals surface area contributed by atoms with Crippen LogP contribution < -0.4 is 9.80 Å². The van der Waals surface area contributed by atoms with Crippen LogP contribution in [0.3, 0.4) is 0 Å². The van der Waals surface area contributed by atoms with E-state index in [2.05, 4.69) is 4.90 Å². The third kappa shape index (κ3) is 5.25. The third-order valence-electron chi connectivity index (χ3n) is 7.59. The lowest BCUT2D eigenvalue weighted by molar-refractivity contribution is 0.0746. The molecule has 6 rings (SSSR count). The molecule has 208 valence electrons. The maximum atomic E-state index is 13.8. The van der Waals surface area contributed by atoms with Crippen LogP contribution in [0.25, 0.3) is 0 Å². The lowest BCUT2D eigenvalue weighted by atomic mass is 10.1. The number of benzene rings is 4. The highest BCUT2D eigenvalue weighted by Crippen LogP contribution is 2.36. The predicted octanol–water partition coefficient (Wildman–Crippen LogP) is 6.08. The van der Waals surface area contributed by atoms with Gasteiger partial charge in [0, 0.05) is 42.5 Å². The van der Waals surface area contributed by atoms with Crippen molar-refractivity contribution in [2.75, 3.05) is 36.0 Å². The lowest BCUT2D eigenvalue weighted by Gasteiger charge is -2.37. The zero-order valence-corrected chi connectivity index (χ0v) is 23.9. The van der Waals surface area contributed by atoms with Crippen LogP contribution in [0.2, 0.25) is 5.02 Å². The van der Waals surface area contributed by atoms with Crippen LogP contribution in [-0.4, -0.2) is 47.1 Å². The molecule has 4 aromatic rings. The second-order valence-electron chi connectivity index (χ2n) is 10.2. The Bertz CT molecular complexity index is 1690. The molecule has 0 N–H and O–H groups in total. The van der Waals surface area contributed by atoms with Crippen molar-refractivity contribution in [2.24, 2.45) is 0 Å². The van der Waals surface area contributed by atoms with Crippen molar-refractivity contribution in [3.8, 4) is 0 Å². The highest BCUT2D eigenvalue weighted by Gasteiger charge is 2.32. The van der Waals surface area contributed by atoms with E-state index in [0.717, 1.165) is 11.3 Å². The summed E-state index contributed by atoms with van der Waals surface area (Å²) in [4.78, 5) is 33.9. The van der Waals surface area contributed by atoms with Gasteiger partial charge >= 0.3 is 0 Å². The van der Waals surface area contributed by atoms with E-state index in [1.807, 2.05) is 25.1 Å². The minimum atomic E-state index is -1.63. The molecule has 0 unspecified atom stereocenters. The molecule has 0 spiro atoms. The van der Waals surface area contributed by atoms with Crippen molar-refractivity contribution in [1.29, 1.82) is 0 Å². The van der Waals surface area contributed by atoms with Crippen molar-refractivity contribution < 1.29 is 18.2 Å². The number of carbonyl (C=O) groups is 2. The van der Waals surface area contributed by atoms with Gasteiger partial charge in [-0.15, -0.1) is 0 Å². The standard InChI is InChI=1S/C32H27ClFN3O3S/c1-21-6-10-24(33)19-27(21)35-14-16-36(17-15-35)31(38)23-9-13-30-28(18-23)37(20-22-7-11-25(34)12-8-22)32(39)26-4-2-3-5-29(26)41(30)40/h2-13,18-19H,14-17,20H2,1H3/t41-/m1/s1. The van der Waals surface area contributed by atoms with Crippen LogP contribution in [0.15, 0.2) is 94.7 Å². The summed E-state index contributed by atoms with van der Waals surface area (Å²) >= 11 is 6.23. The monoisotopic (exact) mass is 587 g/mol. The number of rotatable bonds is 4. The van der Waals surface area contributed by atoms with E-state index in [0.29, 0.717) is 63.4 Å². The molecule has 4 aromatic carbocycles. The summed E-state index contributed by atoms with van der Waals surface area (Å²) in [5, 5.41) is 0.674. The Morgan fingerprint density at radius 2 is 1.61 bits per heavy atom. The van der Waals surface area contributed by atoms with Gasteiger partial charge in [0.2, 0.25) is 0 Å². The van der Waals surface area contributed by atoms with Gasteiger partial charge in [0.05, 0.1) is 38.4 Å². The molecule has 2 aliphatic rings. The zero-order valence-electron chi connectivity index (χ0n) is 22.3. The number of amides is 2. The number of hydrogen-bond donors (Lipinski definition) is 0. The van der Waals surface area contributed by atoms with Gasteiger partial charge in [0.15, 0.2) is 0 Å². The molecule has 0 aliphatic carbocycles. The molecule has 0 saturated carbocycles. The van der Waals surface area contributed by atoms with Gasteiger partial charge in [-0.05, 0) is 72.6 Å². The Balaban J connectivity index is 1.31. The Morgan fingerprint density at radius 1 is 0.878 bits per heavy atom. The topological polar surface area (TPSA) is 60.9 Å². The molecule has 1 fully saturated rings. The van der Waals surface area contributed by atoms with Gasteiger partial charge < -0.3 is 14.7 Å². The van der Waals surface area contributed by atoms with Crippen LogP contribution in [0, 0.1) is 12.7 Å². The molecule has 1 atom stereocenters. The van der Waals surface area contributed by atoms with Gasteiger partial charge in [0.25, 0.3) is 11.8 Å². The number of carbonyl (C=O) groups excluding carboxylic acids is 2. The fourth-order valence-corrected chi connectivity index (χ4v) is 6.89. The minimum absolute atomic E-state index is 0.132. The maximum Gasteiger partial charge on any atom is 0.259 e. The molecule has 0 aromatic heterocycles. The molecular formula is C32H27ClFN3O3S. The Labute approximate surface area is 245 Å². The quantitative estimate of drug-likeness (QED) is 0.290. The van der Waals surface area contributed by atoms with E-state index in [-0.39, 0.29) is 24.2 Å². The zero-order chi connectivity index (χ0) is 28.7. The van der Waals surface area contributed by atoms with Crippen LogP contribution in [0.1, 0.15) is 31.8 Å². The molecule has 2 aliphatic heterocycles. The molecule has 2 heterocycles. The molecule has 0 radical (unpaired) electrons. The Hall–Kier alpha value is -4.01.